The normalized spacial score (nSPS) is 13.9. The summed E-state index contributed by atoms with van der Waals surface area (Å²) < 4.78 is 7.99. The minimum Gasteiger partial charge on any atom is -0.504 e. The molecule has 0 aliphatic carbocycles. The number of aliphatic imine (C=N–C) groups is 1. The summed E-state index contributed by atoms with van der Waals surface area (Å²) >= 11 is 0. The van der Waals surface area contributed by atoms with Crippen molar-refractivity contribution < 1.29 is 19.7 Å². The molecule has 0 saturated carbocycles. The zero-order chi connectivity index (χ0) is 24.5. The number of nitrogens with zero attached hydrogens (tertiary/aromatic N) is 2. The third-order valence-electron chi connectivity index (χ3n) is 6.06. The number of Topliss-reactive ketones (excluding diaryl/α,β-unsaturated/α-hetero) is 1. The molecule has 0 fully saturated rings. The molecular formula is C28H38N2O4. The largest absolute Gasteiger partial charge is 0.504 e. The smallest absolute Gasteiger partial charge is 0.165 e. The first-order chi connectivity index (χ1) is 16.4. The van der Waals surface area contributed by atoms with Crippen LogP contribution in [0.1, 0.15) is 71.3 Å². The molecule has 184 valence electrons. The van der Waals surface area contributed by atoms with Crippen molar-refractivity contribution in [2.45, 2.75) is 85.0 Å². The van der Waals surface area contributed by atoms with Crippen molar-refractivity contribution in [2.24, 2.45) is 10.9 Å². The Hall–Kier alpha value is -2.86. The van der Waals surface area contributed by atoms with Gasteiger partial charge in [0.15, 0.2) is 18.2 Å². The Morgan fingerprint density at radius 1 is 1.26 bits per heavy atom. The summed E-state index contributed by atoms with van der Waals surface area (Å²) in [7, 11) is 0. The van der Waals surface area contributed by atoms with E-state index in [4.69, 9.17) is 4.74 Å². The molecule has 1 aliphatic rings. The predicted molar refractivity (Wildman–Crippen MR) is 137 cm³/mol. The number of phenolic OH excluding ortho intramolecular Hbond substituents is 1. The number of hydrogen-bond donors (Lipinski definition) is 2. The van der Waals surface area contributed by atoms with Crippen molar-refractivity contribution in [3.63, 3.8) is 0 Å². The van der Waals surface area contributed by atoms with Gasteiger partial charge in [0.2, 0.25) is 0 Å². The van der Waals surface area contributed by atoms with Crippen LogP contribution in [0, 0.1) is 5.92 Å². The van der Waals surface area contributed by atoms with E-state index in [9.17, 15) is 15.0 Å². The van der Waals surface area contributed by atoms with Crippen LogP contribution < -0.4 is 15.3 Å². The summed E-state index contributed by atoms with van der Waals surface area (Å²) in [6.45, 7) is 6.74. The second kappa shape index (κ2) is 12.6. The summed E-state index contributed by atoms with van der Waals surface area (Å²) in [5, 5.41) is 22.5. The molecule has 0 saturated heterocycles. The number of ether oxygens (including phenoxy) is 1. The standard InChI is InChI=1S/C28H38N2O4/c1-4-5-6-7-22(31)17-23(32)11-9-21-10-13-27(33)28(16-21)34-19-30-18-25-24(14-15-29-25)26(30)12-8-20(2)3/h10,12-16,18,20,22,31,33H,4-9,11,17,19H2,1-3H3. The number of carbonyl (C=O) groups excluding carboxylic acids is 1. The summed E-state index contributed by atoms with van der Waals surface area (Å²) in [4.78, 5) is 16.7. The van der Waals surface area contributed by atoms with Crippen molar-refractivity contribution in [1.29, 1.82) is 0 Å². The molecular weight excluding hydrogens is 428 g/mol. The number of fused-ring (bicyclic) bond motifs is 1. The first kappa shape index (κ1) is 25.8. The second-order valence-electron chi connectivity index (χ2n) is 9.53. The highest BCUT2D eigenvalue weighted by atomic mass is 16.5. The van der Waals surface area contributed by atoms with Crippen LogP contribution in [0.25, 0.3) is 12.2 Å². The number of rotatable bonds is 14. The number of phenols is 1. The highest BCUT2D eigenvalue weighted by Gasteiger charge is 2.13. The van der Waals surface area contributed by atoms with E-state index in [2.05, 4.69) is 31.8 Å². The minimum atomic E-state index is -0.552. The number of aryl methyl sites for hydroxylation is 1. The Morgan fingerprint density at radius 3 is 2.85 bits per heavy atom. The third kappa shape index (κ3) is 7.32. The van der Waals surface area contributed by atoms with Crippen molar-refractivity contribution in [3.05, 3.63) is 40.5 Å². The van der Waals surface area contributed by atoms with Crippen LogP contribution >= 0.6 is 0 Å². The molecule has 0 spiro atoms. The van der Waals surface area contributed by atoms with Crippen LogP contribution in [0.5, 0.6) is 11.5 Å². The molecule has 2 aromatic rings. The Balaban J connectivity index is 1.60. The van der Waals surface area contributed by atoms with E-state index in [0.29, 0.717) is 30.9 Å². The number of hydrogen-bond acceptors (Lipinski definition) is 5. The van der Waals surface area contributed by atoms with Gasteiger partial charge in [-0.25, -0.2) is 0 Å². The van der Waals surface area contributed by atoms with Gasteiger partial charge in [-0.3, -0.25) is 9.79 Å². The molecule has 6 heteroatoms. The van der Waals surface area contributed by atoms with E-state index in [1.165, 1.54) is 0 Å². The van der Waals surface area contributed by atoms with Gasteiger partial charge in [0, 0.05) is 35.8 Å². The fourth-order valence-corrected chi connectivity index (χ4v) is 4.07. The molecule has 2 N–H and O–H groups in total. The number of aliphatic hydroxyl groups excluding tert-OH is 1. The molecule has 1 aromatic heterocycles. The number of aliphatic hydroxyl groups is 1. The maximum Gasteiger partial charge on any atom is 0.165 e. The van der Waals surface area contributed by atoms with E-state index in [-0.39, 0.29) is 24.7 Å². The fourth-order valence-electron chi connectivity index (χ4n) is 4.07. The van der Waals surface area contributed by atoms with Crippen LogP contribution in [0.4, 0.5) is 5.69 Å². The molecule has 1 atom stereocenters. The summed E-state index contributed by atoms with van der Waals surface area (Å²) in [5.74, 6) is 1.06. The minimum absolute atomic E-state index is 0.0588. The monoisotopic (exact) mass is 466 g/mol. The van der Waals surface area contributed by atoms with Crippen molar-refractivity contribution in [3.8, 4) is 11.5 Å². The number of aromatic hydroxyl groups is 1. The summed E-state index contributed by atoms with van der Waals surface area (Å²) in [5.41, 5.74) is 1.84. The van der Waals surface area contributed by atoms with Gasteiger partial charge >= 0.3 is 0 Å². The molecule has 1 aliphatic heterocycles. The van der Waals surface area contributed by atoms with Gasteiger partial charge in [-0.1, -0.05) is 52.2 Å². The molecule has 2 heterocycles. The Labute approximate surface area is 202 Å². The zero-order valence-corrected chi connectivity index (χ0v) is 20.7. The molecule has 34 heavy (non-hydrogen) atoms. The SMILES string of the molecule is CCCCCC(O)CC(=O)CCc1ccc(O)c(OCn2cc3c(c2=CCC(C)C)=CC=N3)c1. The quantitative estimate of drug-likeness (QED) is 0.405. The summed E-state index contributed by atoms with van der Waals surface area (Å²) in [6, 6.07) is 5.20. The molecule has 1 aromatic carbocycles. The van der Waals surface area contributed by atoms with E-state index in [1.54, 1.807) is 12.1 Å². The van der Waals surface area contributed by atoms with Crippen LogP contribution in [0.2, 0.25) is 0 Å². The number of aromatic nitrogens is 1. The maximum absolute atomic E-state index is 12.3. The van der Waals surface area contributed by atoms with E-state index in [1.807, 2.05) is 29.1 Å². The van der Waals surface area contributed by atoms with Crippen molar-refractivity contribution >= 4 is 29.8 Å². The average molecular weight is 467 g/mol. The van der Waals surface area contributed by atoms with Crippen LogP contribution in [0.3, 0.4) is 0 Å². The van der Waals surface area contributed by atoms with Gasteiger partial charge in [-0.05, 0) is 49.0 Å². The lowest BCUT2D eigenvalue weighted by atomic mass is 10.0. The zero-order valence-electron chi connectivity index (χ0n) is 20.7. The molecule has 1 unspecified atom stereocenters. The maximum atomic E-state index is 12.3. The third-order valence-corrected chi connectivity index (χ3v) is 6.06. The van der Waals surface area contributed by atoms with Crippen molar-refractivity contribution in [1.82, 2.24) is 4.57 Å². The van der Waals surface area contributed by atoms with Crippen LogP contribution in [-0.2, 0) is 17.9 Å². The number of carbonyl (C=O) groups is 1. The van der Waals surface area contributed by atoms with Crippen LogP contribution in [-0.4, -0.2) is 32.9 Å². The molecule has 0 amide bonds. The lowest BCUT2D eigenvalue weighted by molar-refractivity contribution is -0.121. The van der Waals surface area contributed by atoms with Gasteiger partial charge < -0.3 is 19.5 Å². The topological polar surface area (TPSA) is 84.0 Å². The van der Waals surface area contributed by atoms with Crippen LogP contribution in [0.15, 0.2) is 29.4 Å². The lowest BCUT2D eigenvalue weighted by Crippen LogP contribution is -2.30. The molecule has 0 bridgehead atoms. The first-order valence-electron chi connectivity index (χ1n) is 12.5. The lowest BCUT2D eigenvalue weighted by Gasteiger charge is -2.12. The van der Waals surface area contributed by atoms with E-state index >= 15 is 0 Å². The van der Waals surface area contributed by atoms with Gasteiger partial charge in [-0.2, -0.15) is 0 Å². The van der Waals surface area contributed by atoms with Gasteiger partial charge in [0.05, 0.1) is 11.8 Å². The van der Waals surface area contributed by atoms with E-state index < -0.39 is 6.10 Å². The number of ketones is 1. The number of benzene rings is 1. The Morgan fingerprint density at radius 2 is 2.09 bits per heavy atom. The highest BCUT2D eigenvalue weighted by Crippen LogP contribution is 2.28. The Kier molecular flexibility index (Phi) is 9.52. The second-order valence-corrected chi connectivity index (χ2v) is 9.53. The van der Waals surface area contributed by atoms with E-state index in [0.717, 1.165) is 47.5 Å². The number of unbranched alkanes of at least 4 members (excludes halogenated alkanes) is 2. The predicted octanol–water partition coefficient (Wildman–Crippen LogP) is 4.39. The highest BCUT2D eigenvalue weighted by molar-refractivity contribution is 5.96. The van der Waals surface area contributed by atoms with Gasteiger partial charge in [0.25, 0.3) is 0 Å². The average Bonchev–Trinajstić information content (AvgIpc) is 3.37. The van der Waals surface area contributed by atoms with Crippen molar-refractivity contribution in [2.75, 3.05) is 0 Å². The first-order valence-corrected chi connectivity index (χ1v) is 12.5. The fraction of sp³-hybridized carbons (Fsp3) is 0.500. The molecule has 6 nitrogen and oxygen atoms in total. The molecule has 3 rings (SSSR count). The Bertz CT molecular complexity index is 1110. The van der Waals surface area contributed by atoms with Gasteiger partial charge in [0.1, 0.15) is 5.78 Å². The summed E-state index contributed by atoms with van der Waals surface area (Å²) in [6.07, 6.45) is 13.3. The molecule has 0 radical (unpaired) electrons. The van der Waals surface area contributed by atoms with Gasteiger partial charge in [-0.15, -0.1) is 0 Å².